The molecule has 1 aliphatic rings. The summed E-state index contributed by atoms with van der Waals surface area (Å²) in [5, 5.41) is 9.74. The number of amides is 1. The van der Waals surface area contributed by atoms with Gasteiger partial charge in [0.05, 0.1) is 6.10 Å². The first-order valence-corrected chi connectivity index (χ1v) is 5.28. The molecule has 16 heavy (non-hydrogen) atoms. The molecular formula is C13H17NO2. The van der Waals surface area contributed by atoms with Crippen LogP contribution in [0.25, 0.3) is 0 Å². The van der Waals surface area contributed by atoms with Crippen LogP contribution < -0.4 is 5.73 Å². The maximum absolute atomic E-state index is 9.74. The molecule has 0 aromatic heterocycles. The van der Waals surface area contributed by atoms with Crippen molar-refractivity contribution >= 4 is 6.41 Å². The molecule has 1 amide bonds. The summed E-state index contributed by atoms with van der Waals surface area (Å²) in [7, 11) is 0. The molecule has 0 spiro atoms. The Morgan fingerprint density at radius 3 is 2.69 bits per heavy atom. The van der Waals surface area contributed by atoms with E-state index in [0.29, 0.717) is 0 Å². The van der Waals surface area contributed by atoms with Crippen molar-refractivity contribution in [2.75, 3.05) is 0 Å². The average Bonchev–Trinajstić information content (AvgIpc) is 2.30. The van der Waals surface area contributed by atoms with Crippen molar-refractivity contribution < 1.29 is 9.90 Å². The number of aliphatic hydroxyl groups excluding tert-OH is 1. The highest BCUT2D eigenvalue weighted by molar-refractivity contribution is 5.42. The lowest BCUT2D eigenvalue weighted by Crippen LogP contribution is -2.23. The summed E-state index contributed by atoms with van der Waals surface area (Å²) < 4.78 is 0. The molecule has 0 radical (unpaired) electrons. The summed E-state index contributed by atoms with van der Waals surface area (Å²) >= 11 is 0. The van der Waals surface area contributed by atoms with Crippen LogP contribution in [0, 0.1) is 0 Å². The van der Waals surface area contributed by atoms with E-state index in [-0.39, 0.29) is 18.4 Å². The normalized spacial score (nSPS) is 22.3. The predicted molar refractivity (Wildman–Crippen MR) is 64.0 cm³/mol. The van der Waals surface area contributed by atoms with Crippen LogP contribution in [-0.4, -0.2) is 17.6 Å². The van der Waals surface area contributed by atoms with Crippen molar-refractivity contribution in [3.05, 3.63) is 48.0 Å². The van der Waals surface area contributed by atoms with E-state index in [2.05, 4.69) is 30.5 Å². The average molecular weight is 219 g/mol. The minimum atomic E-state index is -0.243. The highest BCUT2D eigenvalue weighted by atomic mass is 16.3. The van der Waals surface area contributed by atoms with E-state index < -0.39 is 0 Å². The lowest BCUT2D eigenvalue weighted by molar-refractivity contribution is -0.106. The SMILES string of the molecule is C=CC1c2ccccc2CCC1O.NC=O. The fourth-order valence-corrected chi connectivity index (χ4v) is 2.06. The molecule has 2 rings (SSSR count). The van der Waals surface area contributed by atoms with Crippen molar-refractivity contribution in [3.63, 3.8) is 0 Å². The molecule has 0 saturated heterocycles. The van der Waals surface area contributed by atoms with E-state index in [1.54, 1.807) is 0 Å². The lowest BCUT2D eigenvalue weighted by Gasteiger charge is -2.27. The summed E-state index contributed by atoms with van der Waals surface area (Å²) in [5.41, 5.74) is 6.77. The van der Waals surface area contributed by atoms with Crippen LogP contribution in [0.3, 0.4) is 0 Å². The largest absolute Gasteiger partial charge is 0.392 e. The van der Waals surface area contributed by atoms with Crippen LogP contribution in [-0.2, 0) is 11.2 Å². The number of carbonyl (C=O) groups excluding carboxylic acids is 1. The molecule has 1 aromatic rings. The maximum atomic E-state index is 9.74. The van der Waals surface area contributed by atoms with Gasteiger partial charge in [0.25, 0.3) is 0 Å². The van der Waals surface area contributed by atoms with Gasteiger partial charge in [-0.25, -0.2) is 0 Å². The molecule has 0 fully saturated rings. The van der Waals surface area contributed by atoms with Gasteiger partial charge in [0.15, 0.2) is 0 Å². The van der Waals surface area contributed by atoms with Crippen molar-refractivity contribution in [2.45, 2.75) is 24.9 Å². The molecule has 3 heteroatoms. The third-order valence-electron chi connectivity index (χ3n) is 2.79. The third-order valence-corrected chi connectivity index (χ3v) is 2.79. The van der Waals surface area contributed by atoms with Gasteiger partial charge >= 0.3 is 0 Å². The number of hydrogen-bond donors (Lipinski definition) is 2. The first-order valence-electron chi connectivity index (χ1n) is 5.28. The molecule has 0 aliphatic heterocycles. The molecule has 0 bridgehead atoms. The molecule has 0 saturated carbocycles. The second-order valence-corrected chi connectivity index (χ2v) is 3.70. The van der Waals surface area contributed by atoms with Gasteiger partial charge in [-0.15, -0.1) is 6.58 Å². The van der Waals surface area contributed by atoms with Gasteiger partial charge in [0.2, 0.25) is 6.41 Å². The second kappa shape index (κ2) is 6.08. The van der Waals surface area contributed by atoms with Crippen molar-refractivity contribution in [2.24, 2.45) is 5.73 Å². The van der Waals surface area contributed by atoms with E-state index in [1.165, 1.54) is 11.1 Å². The van der Waals surface area contributed by atoms with Crippen LogP contribution in [0.1, 0.15) is 23.5 Å². The summed E-state index contributed by atoms with van der Waals surface area (Å²) in [6, 6.07) is 8.30. The van der Waals surface area contributed by atoms with E-state index in [0.717, 1.165) is 12.8 Å². The zero-order valence-electron chi connectivity index (χ0n) is 9.17. The van der Waals surface area contributed by atoms with Crippen molar-refractivity contribution in [1.82, 2.24) is 0 Å². The van der Waals surface area contributed by atoms with Crippen LogP contribution >= 0.6 is 0 Å². The molecule has 2 unspecified atom stereocenters. The molecular weight excluding hydrogens is 202 g/mol. The minimum Gasteiger partial charge on any atom is -0.392 e. The Morgan fingerprint density at radius 1 is 1.44 bits per heavy atom. The van der Waals surface area contributed by atoms with Gasteiger partial charge in [-0.05, 0) is 24.0 Å². The van der Waals surface area contributed by atoms with Crippen LogP contribution in [0.5, 0.6) is 0 Å². The van der Waals surface area contributed by atoms with E-state index in [4.69, 9.17) is 4.79 Å². The van der Waals surface area contributed by atoms with Crippen LogP contribution in [0.2, 0.25) is 0 Å². The smallest absolute Gasteiger partial charge is 0.204 e. The van der Waals surface area contributed by atoms with Gasteiger partial charge < -0.3 is 10.8 Å². The Morgan fingerprint density at radius 2 is 2.06 bits per heavy atom. The van der Waals surface area contributed by atoms with Crippen LogP contribution in [0.15, 0.2) is 36.9 Å². The van der Waals surface area contributed by atoms with E-state index in [1.807, 2.05) is 12.1 Å². The Labute approximate surface area is 95.6 Å². The van der Waals surface area contributed by atoms with Gasteiger partial charge in [-0.3, -0.25) is 4.79 Å². The number of aliphatic hydroxyl groups is 1. The number of carbonyl (C=O) groups is 1. The quantitative estimate of drug-likeness (QED) is 0.553. The molecule has 2 atom stereocenters. The Kier molecular flexibility index (Phi) is 4.73. The standard InChI is InChI=1S/C12H14O.CH3NO/c1-2-10-11-6-4-3-5-9(11)7-8-12(10)13;2-1-3/h2-6,10,12-13H,1,7-8H2;1H,(H2,2,3). The first kappa shape index (κ1) is 12.5. The number of primary amides is 1. The molecule has 1 aliphatic carbocycles. The maximum Gasteiger partial charge on any atom is 0.204 e. The molecule has 86 valence electrons. The van der Waals surface area contributed by atoms with E-state index in [9.17, 15) is 5.11 Å². The monoisotopic (exact) mass is 219 g/mol. The zero-order valence-corrected chi connectivity index (χ0v) is 9.17. The number of fused-ring (bicyclic) bond motifs is 1. The Hall–Kier alpha value is -1.61. The highest BCUT2D eigenvalue weighted by Crippen LogP contribution is 2.32. The Bertz CT molecular complexity index is 363. The molecule has 1 aromatic carbocycles. The third kappa shape index (κ3) is 2.70. The second-order valence-electron chi connectivity index (χ2n) is 3.70. The molecule has 3 nitrogen and oxygen atoms in total. The van der Waals surface area contributed by atoms with Gasteiger partial charge in [0.1, 0.15) is 0 Å². The fraction of sp³-hybridized carbons (Fsp3) is 0.308. The topological polar surface area (TPSA) is 63.3 Å². The summed E-state index contributed by atoms with van der Waals surface area (Å²) in [6.45, 7) is 3.77. The van der Waals surface area contributed by atoms with Gasteiger partial charge in [-0.1, -0.05) is 30.3 Å². The fourth-order valence-electron chi connectivity index (χ4n) is 2.06. The molecule has 0 heterocycles. The van der Waals surface area contributed by atoms with Crippen molar-refractivity contribution in [1.29, 1.82) is 0 Å². The minimum absolute atomic E-state index is 0.130. The number of hydrogen-bond acceptors (Lipinski definition) is 2. The predicted octanol–water partition coefficient (Wildman–Crippen LogP) is 1.36. The number of benzene rings is 1. The number of nitrogens with two attached hydrogens (primary N) is 1. The number of rotatable bonds is 1. The Balaban J connectivity index is 0.000000386. The lowest BCUT2D eigenvalue weighted by atomic mass is 9.81. The first-order chi connectivity index (χ1) is 7.74. The van der Waals surface area contributed by atoms with Crippen LogP contribution in [0.4, 0.5) is 0 Å². The molecule has 3 N–H and O–H groups in total. The van der Waals surface area contributed by atoms with E-state index >= 15 is 0 Å². The van der Waals surface area contributed by atoms with Gasteiger partial charge in [0, 0.05) is 5.92 Å². The summed E-state index contributed by atoms with van der Waals surface area (Å²) in [4.78, 5) is 8.58. The summed E-state index contributed by atoms with van der Waals surface area (Å²) in [6.07, 6.45) is 3.70. The van der Waals surface area contributed by atoms with Gasteiger partial charge in [-0.2, -0.15) is 0 Å². The summed E-state index contributed by atoms with van der Waals surface area (Å²) in [5.74, 6) is 0.130. The zero-order chi connectivity index (χ0) is 12.0. The number of aryl methyl sites for hydroxylation is 1. The van der Waals surface area contributed by atoms with Crippen molar-refractivity contribution in [3.8, 4) is 0 Å². The highest BCUT2D eigenvalue weighted by Gasteiger charge is 2.24.